The summed E-state index contributed by atoms with van der Waals surface area (Å²) in [6.45, 7) is 7.05. The summed E-state index contributed by atoms with van der Waals surface area (Å²) in [5.74, 6) is 1.04. The van der Waals surface area contributed by atoms with Gasteiger partial charge in [0.25, 0.3) is 0 Å². The van der Waals surface area contributed by atoms with E-state index in [9.17, 15) is 4.79 Å². The fraction of sp³-hybridized carbons (Fsp3) is 0.929. The minimum absolute atomic E-state index is 0.317. The van der Waals surface area contributed by atoms with Crippen molar-refractivity contribution in [3.63, 3.8) is 0 Å². The third-order valence-corrected chi connectivity index (χ3v) is 3.94. The van der Waals surface area contributed by atoms with E-state index in [0.717, 1.165) is 31.7 Å². The number of hydrogen-bond acceptors (Lipinski definition) is 2. The highest BCUT2D eigenvalue weighted by atomic mass is 16.2. The lowest BCUT2D eigenvalue weighted by atomic mass is 9.83. The molecule has 100 valence electrons. The fourth-order valence-electron chi connectivity index (χ4n) is 2.78. The van der Waals surface area contributed by atoms with E-state index in [4.69, 9.17) is 5.73 Å². The van der Waals surface area contributed by atoms with Gasteiger partial charge < -0.3 is 10.6 Å². The number of nitrogens with zero attached hydrogens (tertiary/aromatic N) is 1. The lowest BCUT2D eigenvalue weighted by Crippen LogP contribution is -2.37. The molecule has 1 aliphatic rings. The molecule has 1 fully saturated rings. The maximum Gasteiger partial charge on any atom is 0.222 e. The quantitative estimate of drug-likeness (QED) is 0.802. The van der Waals surface area contributed by atoms with Crippen LogP contribution in [-0.2, 0) is 4.79 Å². The van der Waals surface area contributed by atoms with Crippen molar-refractivity contribution < 1.29 is 4.79 Å². The van der Waals surface area contributed by atoms with E-state index in [1.54, 1.807) is 0 Å². The molecule has 1 saturated carbocycles. The van der Waals surface area contributed by atoms with Gasteiger partial charge in [-0.05, 0) is 58.8 Å². The van der Waals surface area contributed by atoms with Gasteiger partial charge in [0.05, 0.1) is 0 Å². The number of rotatable bonds is 5. The Balaban J connectivity index is 2.27. The first kappa shape index (κ1) is 14.5. The van der Waals surface area contributed by atoms with Gasteiger partial charge in [0.1, 0.15) is 0 Å². The number of carbonyl (C=O) groups excluding carboxylic acids is 1. The maximum atomic E-state index is 12.0. The third-order valence-electron chi connectivity index (χ3n) is 3.94. The first-order valence-corrected chi connectivity index (χ1v) is 7.09. The van der Waals surface area contributed by atoms with E-state index in [0.29, 0.717) is 24.4 Å². The normalized spacial score (nSPS) is 25.0. The second-order valence-corrected chi connectivity index (χ2v) is 5.59. The van der Waals surface area contributed by atoms with Crippen molar-refractivity contribution in [1.29, 1.82) is 0 Å². The standard InChI is InChI=1S/C14H28N2O/c1-4-16(11(2)3)14(17)10-7-12-5-8-13(15)9-6-12/h11-13H,4-10,15H2,1-3H3. The molecule has 0 aromatic heterocycles. The Hall–Kier alpha value is -0.570. The second-order valence-electron chi connectivity index (χ2n) is 5.59. The third kappa shape index (κ3) is 4.66. The Bertz CT molecular complexity index is 232. The minimum atomic E-state index is 0.317. The van der Waals surface area contributed by atoms with Crippen LogP contribution < -0.4 is 5.73 Å². The summed E-state index contributed by atoms with van der Waals surface area (Å²) in [5.41, 5.74) is 5.89. The zero-order valence-corrected chi connectivity index (χ0v) is 11.6. The Labute approximate surface area is 106 Å². The van der Waals surface area contributed by atoms with Crippen molar-refractivity contribution in [2.75, 3.05) is 6.54 Å². The lowest BCUT2D eigenvalue weighted by molar-refractivity contribution is -0.133. The van der Waals surface area contributed by atoms with Gasteiger partial charge in [-0.1, -0.05) is 0 Å². The van der Waals surface area contributed by atoms with Gasteiger partial charge >= 0.3 is 0 Å². The predicted molar refractivity (Wildman–Crippen MR) is 71.7 cm³/mol. The molecule has 0 radical (unpaired) electrons. The van der Waals surface area contributed by atoms with Crippen molar-refractivity contribution in [3.05, 3.63) is 0 Å². The molecule has 0 atom stereocenters. The SMILES string of the molecule is CCN(C(=O)CCC1CCC(N)CC1)C(C)C. The van der Waals surface area contributed by atoms with Crippen LogP contribution in [0.1, 0.15) is 59.3 Å². The highest BCUT2D eigenvalue weighted by Crippen LogP contribution is 2.27. The summed E-state index contributed by atoms with van der Waals surface area (Å²) in [7, 11) is 0. The van der Waals surface area contributed by atoms with Crippen LogP contribution in [-0.4, -0.2) is 29.4 Å². The number of hydrogen-bond donors (Lipinski definition) is 1. The van der Waals surface area contributed by atoms with E-state index in [1.165, 1.54) is 12.8 Å². The predicted octanol–water partition coefficient (Wildman–Crippen LogP) is 2.54. The van der Waals surface area contributed by atoms with Gasteiger partial charge in [-0.2, -0.15) is 0 Å². The fourth-order valence-corrected chi connectivity index (χ4v) is 2.78. The topological polar surface area (TPSA) is 46.3 Å². The van der Waals surface area contributed by atoms with Crippen LogP contribution in [0.4, 0.5) is 0 Å². The van der Waals surface area contributed by atoms with Gasteiger partial charge in [0.15, 0.2) is 0 Å². The molecule has 0 aliphatic heterocycles. The van der Waals surface area contributed by atoms with Crippen LogP contribution in [0.3, 0.4) is 0 Å². The van der Waals surface area contributed by atoms with Gasteiger partial charge in [-0.15, -0.1) is 0 Å². The van der Waals surface area contributed by atoms with Crippen molar-refractivity contribution >= 4 is 5.91 Å². The molecule has 0 aromatic carbocycles. The maximum absolute atomic E-state index is 12.0. The van der Waals surface area contributed by atoms with E-state index in [1.807, 2.05) is 4.90 Å². The molecule has 0 spiro atoms. The molecule has 0 heterocycles. The summed E-state index contributed by atoms with van der Waals surface area (Å²) in [6.07, 6.45) is 6.46. The minimum Gasteiger partial charge on any atom is -0.341 e. The van der Waals surface area contributed by atoms with Crippen LogP contribution in [0.25, 0.3) is 0 Å². The Kier molecular flexibility index (Phi) is 5.96. The van der Waals surface area contributed by atoms with Gasteiger partial charge in [-0.25, -0.2) is 0 Å². The molecule has 2 N–H and O–H groups in total. The first-order valence-electron chi connectivity index (χ1n) is 7.09. The van der Waals surface area contributed by atoms with Crippen LogP contribution in [0.5, 0.6) is 0 Å². The molecule has 1 amide bonds. The summed E-state index contributed by atoms with van der Waals surface area (Å²) in [5, 5.41) is 0. The zero-order chi connectivity index (χ0) is 12.8. The van der Waals surface area contributed by atoms with E-state index in [2.05, 4.69) is 20.8 Å². The highest BCUT2D eigenvalue weighted by Gasteiger charge is 2.21. The Morgan fingerprint density at radius 2 is 1.88 bits per heavy atom. The number of nitrogens with two attached hydrogens (primary N) is 1. The summed E-state index contributed by atoms with van der Waals surface area (Å²) in [4.78, 5) is 14.0. The van der Waals surface area contributed by atoms with Crippen LogP contribution in [0, 0.1) is 5.92 Å². The average molecular weight is 240 g/mol. The lowest BCUT2D eigenvalue weighted by Gasteiger charge is -2.28. The summed E-state index contributed by atoms with van der Waals surface area (Å²) in [6, 6.07) is 0.733. The van der Waals surface area contributed by atoms with Crippen LogP contribution in [0.2, 0.25) is 0 Å². The Morgan fingerprint density at radius 3 is 2.35 bits per heavy atom. The van der Waals surface area contributed by atoms with E-state index >= 15 is 0 Å². The smallest absolute Gasteiger partial charge is 0.222 e. The number of carbonyl (C=O) groups is 1. The highest BCUT2D eigenvalue weighted by molar-refractivity contribution is 5.76. The van der Waals surface area contributed by atoms with Crippen LogP contribution in [0.15, 0.2) is 0 Å². The molecule has 17 heavy (non-hydrogen) atoms. The van der Waals surface area contributed by atoms with Crippen molar-refractivity contribution in [3.8, 4) is 0 Å². The zero-order valence-electron chi connectivity index (χ0n) is 11.6. The van der Waals surface area contributed by atoms with Gasteiger partial charge in [0, 0.05) is 25.0 Å². The number of amides is 1. The molecule has 0 unspecified atom stereocenters. The van der Waals surface area contributed by atoms with E-state index < -0.39 is 0 Å². The molecular weight excluding hydrogens is 212 g/mol. The summed E-state index contributed by atoms with van der Waals surface area (Å²) >= 11 is 0. The second kappa shape index (κ2) is 7.00. The molecule has 0 bridgehead atoms. The molecule has 1 rings (SSSR count). The first-order chi connectivity index (χ1) is 8.04. The Morgan fingerprint density at radius 1 is 1.29 bits per heavy atom. The van der Waals surface area contributed by atoms with Crippen LogP contribution >= 0.6 is 0 Å². The molecule has 3 heteroatoms. The molecule has 1 aliphatic carbocycles. The molecule has 3 nitrogen and oxygen atoms in total. The monoisotopic (exact) mass is 240 g/mol. The van der Waals surface area contributed by atoms with E-state index in [-0.39, 0.29) is 0 Å². The van der Waals surface area contributed by atoms with Crippen molar-refractivity contribution in [1.82, 2.24) is 4.90 Å². The largest absolute Gasteiger partial charge is 0.341 e. The van der Waals surface area contributed by atoms with Gasteiger partial charge in [0.2, 0.25) is 5.91 Å². The van der Waals surface area contributed by atoms with Crippen molar-refractivity contribution in [2.24, 2.45) is 11.7 Å². The van der Waals surface area contributed by atoms with Crippen molar-refractivity contribution in [2.45, 2.75) is 71.4 Å². The molecular formula is C14H28N2O. The average Bonchev–Trinajstić information content (AvgIpc) is 2.28. The molecule has 0 aromatic rings. The molecule has 0 saturated heterocycles. The van der Waals surface area contributed by atoms with Gasteiger partial charge in [-0.3, -0.25) is 4.79 Å². The summed E-state index contributed by atoms with van der Waals surface area (Å²) < 4.78 is 0.